The van der Waals surface area contributed by atoms with Crippen molar-refractivity contribution in [2.75, 3.05) is 0 Å². The highest BCUT2D eigenvalue weighted by atomic mass is 16.4. The first-order valence-corrected chi connectivity index (χ1v) is 6.72. The van der Waals surface area contributed by atoms with Crippen LogP contribution in [0.4, 0.5) is 0 Å². The van der Waals surface area contributed by atoms with Gasteiger partial charge in [0.2, 0.25) is 5.91 Å². The highest BCUT2D eigenvalue weighted by molar-refractivity contribution is 5.86. The second-order valence-electron chi connectivity index (χ2n) is 5.40. The monoisotopic (exact) mass is 271 g/mol. The molecule has 0 aromatic carbocycles. The van der Waals surface area contributed by atoms with E-state index in [1.165, 1.54) is 0 Å². The number of hydrogen-bond acceptors (Lipinski definition) is 4. The van der Waals surface area contributed by atoms with E-state index in [4.69, 9.17) is 0 Å². The zero-order valence-electron chi connectivity index (χ0n) is 10.9. The average molecular weight is 271 g/mol. The van der Waals surface area contributed by atoms with E-state index in [1.54, 1.807) is 18.5 Å². The summed E-state index contributed by atoms with van der Waals surface area (Å²) in [4.78, 5) is 27.5. The van der Waals surface area contributed by atoms with Gasteiger partial charge in [0, 0.05) is 30.8 Å². The fourth-order valence-corrected chi connectivity index (χ4v) is 3.31. The van der Waals surface area contributed by atoms with Crippen LogP contribution in [-0.2, 0) is 16.1 Å². The second-order valence-corrected chi connectivity index (χ2v) is 5.40. The Morgan fingerprint density at radius 3 is 2.70 bits per heavy atom. The normalized spacial score (nSPS) is 30.4. The Balaban J connectivity index is 1.68. The van der Waals surface area contributed by atoms with Crippen molar-refractivity contribution in [2.45, 2.75) is 13.0 Å². The molecule has 1 N–H and O–H groups in total. The fraction of sp³-hybridized carbons (Fsp3) is 0.400. The molecule has 2 aliphatic carbocycles. The second kappa shape index (κ2) is 5.07. The van der Waals surface area contributed by atoms with Crippen LogP contribution in [0.5, 0.6) is 0 Å². The molecule has 104 valence electrons. The minimum atomic E-state index is -1.12. The molecule has 5 nitrogen and oxygen atoms in total. The van der Waals surface area contributed by atoms with Gasteiger partial charge in [-0.3, -0.25) is 9.78 Å². The summed E-state index contributed by atoms with van der Waals surface area (Å²) in [5.41, 5.74) is 0.893. The van der Waals surface area contributed by atoms with Crippen LogP contribution in [0.25, 0.3) is 0 Å². The Bertz CT molecular complexity index is 555. The summed E-state index contributed by atoms with van der Waals surface area (Å²) < 4.78 is 0. The molecule has 4 atom stereocenters. The van der Waals surface area contributed by atoms with Crippen molar-refractivity contribution in [1.82, 2.24) is 10.3 Å². The van der Waals surface area contributed by atoms with Crippen molar-refractivity contribution >= 4 is 11.9 Å². The number of hydrogen-bond donors (Lipinski definition) is 1. The van der Waals surface area contributed by atoms with Gasteiger partial charge in [-0.25, -0.2) is 0 Å². The number of amides is 1. The number of fused-ring (bicyclic) bond motifs is 2. The lowest BCUT2D eigenvalue weighted by Gasteiger charge is -2.27. The minimum absolute atomic E-state index is 0.0248. The Labute approximate surface area is 116 Å². The van der Waals surface area contributed by atoms with E-state index in [9.17, 15) is 14.7 Å². The first kappa shape index (κ1) is 12.8. The van der Waals surface area contributed by atoms with Gasteiger partial charge in [0.05, 0.1) is 5.92 Å². The lowest BCUT2D eigenvalue weighted by molar-refractivity contribution is -0.313. The molecule has 20 heavy (non-hydrogen) atoms. The number of rotatable bonds is 4. The third kappa shape index (κ3) is 2.19. The van der Waals surface area contributed by atoms with Gasteiger partial charge in [0.1, 0.15) is 0 Å². The third-order valence-corrected chi connectivity index (χ3v) is 4.22. The molecule has 1 saturated carbocycles. The number of aliphatic carboxylic acids is 1. The smallest absolute Gasteiger partial charge is 0.224 e. The molecule has 2 aliphatic rings. The molecule has 1 heterocycles. The summed E-state index contributed by atoms with van der Waals surface area (Å²) in [7, 11) is 0. The standard InChI is InChI=1S/C15H16N2O3/c18-14(17-8-9-2-1-5-16-7-9)12-10-3-4-11(6-10)13(12)15(19)20/h1-5,7,10-13H,6,8H2,(H,17,18)(H,19,20)/p-1/t10-,11+,12-,13+/m1/s1. The van der Waals surface area contributed by atoms with Gasteiger partial charge in [-0.2, -0.15) is 0 Å². The molecule has 0 unspecified atom stereocenters. The van der Waals surface area contributed by atoms with Gasteiger partial charge in [-0.05, 0) is 29.9 Å². The van der Waals surface area contributed by atoms with Crippen LogP contribution in [0.3, 0.4) is 0 Å². The largest absolute Gasteiger partial charge is 0.550 e. The van der Waals surface area contributed by atoms with Crippen molar-refractivity contribution in [2.24, 2.45) is 23.7 Å². The van der Waals surface area contributed by atoms with Crippen LogP contribution in [0, 0.1) is 23.7 Å². The molecular weight excluding hydrogens is 256 g/mol. The molecule has 0 radical (unpaired) electrons. The van der Waals surface area contributed by atoms with Crippen molar-refractivity contribution in [3.63, 3.8) is 0 Å². The fourth-order valence-electron chi connectivity index (χ4n) is 3.31. The molecule has 0 spiro atoms. The van der Waals surface area contributed by atoms with E-state index in [0.717, 1.165) is 12.0 Å². The minimum Gasteiger partial charge on any atom is -0.550 e. The van der Waals surface area contributed by atoms with E-state index in [-0.39, 0.29) is 17.7 Å². The number of pyridine rings is 1. The van der Waals surface area contributed by atoms with Gasteiger partial charge in [-0.1, -0.05) is 18.2 Å². The van der Waals surface area contributed by atoms with Crippen LogP contribution in [0.1, 0.15) is 12.0 Å². The molecule has 3 rings (SSSR count). The Kier molecular flexibility index (Phi) is 3.26. The van der Waals surface area contributed by atoms with Crippen molar-refractivity contribution in [3.8, 4) is 0 Å². The van der Waals surface area contributed by atoms with Gasteiger partial charge in [-0.15, -0.1) is 0 Å². The van der Waals surface area contributed by atoms with Gasteiger partial charge < -0.3 is 15.2 Å². The zero-order chi connectivity index (χ0) is 14.1. The first-order valence-electron chi connectivity index (χ1n) is 6.72. The Morgan fingerprint density at radius 1 is 1.30 bits per heavy atom. The van der Waals surface area contributed by atoms with E-state index < -0.39 is 17.8 Å². The van der Waals surface area contributed by atoms with Gasteiger partial charge in [0.25, 0.3) is 0 Å². The highest BCUT2D eigenvalue weighted by Gasteiger charge is 2.48. The van der Waals surface area contributed by atoms with E-state index >= 15 is 0 Å². The maximum atomic E-state index is 12.3. The predicted molar refractivity (Wildman–Crippen MR) is 68.8 cm³/mol. The third-order valence-electron chi connectivity index (χ3n) is 4.22. The van der Waals surface area contributed by atoms with Crippen molar-refractivity contribution in [3.05, 3.63) is 42.2 Å². The molecular formula is C15H15N2O3-. The number of nitrogens with one attached hydrogen (secondary N) is 1. The maximum absolute atomic E-state index is 12.3. The number of carbonyl (C=O) groups is 2. The molecule has 5 heteroatoms. The molecule has 1 aromatic rings. The van der Waals surface area contributed by atoms with Crippen molar-refractivity contribution in [1.29, 1.82) is 0 Å². The average Bonchev–Trinajstić information content (AvgIpc) is 3.06. The summed E-state index contributed by atoms with van der Waals surface area (Å²) >= 11 is 0. The van der Waals surface area contributed by atoms with Crippen LogP contribution >= 0.6 is 0 Å². The number of allylic oxidation sites excluding steroid dienone is 2. The Morgan fingerprint density at radius 2 is 2.05 bits per heavy atom. The van der Waals surface area contributed by atoms with Crippen molar-refractivity contribution < 1.29 is 14.7 Å². The van der Waals surface area contributed by atoms with Crippen LogP contribution in [0.2, 0.25) is 0 Å². The maximum Gasteiger partial charge on any atom is 0.224 e. The summed E-state index contributed by atoms with van der Waals surface area (Å²) in [6, 6.07) is 3.66. The van der Waals surface area contributed by atoms with Gasteiger partial charge in [0.15, 0.2) is 0 Å². The molecule has 0 aliphatic heterocycles. The van der Waals surface area contributed by atoms with Crippen LogP contribution in [-0.4, -0.2) is 16.9 Å². The number of nitrogens with zero attached hydrogens (tertiary/aromatic N) is 1. The molecule has 1 aromatic heterocycles. The first-order chi connectivity index (χ1) is 9.66. The van der Waals surface area contributed by atoms with Crippen LogP contribution in [0.15, 0.2) is 36.7 Å². The topological polar surface area (TPSA) is 82.1 Å². The predicted octanol–water partition coefficient (Wildman–Crippen LogP) is -0.114. The number of carbonyl (C=O) groups excluding carboxylic acids is 2. The molecule has 2 bridgehead atoms. The summed E-state index contributed by atoms with van der Waals surface area (Å²) in [6.45, 7) is 0.365. The lowest BCUT2D eigenvalue weighted by Crippen LogP contribution is -2.44. The number of carboxylic acid groups (broad SMARTS) is 1. The number of aromatic nitrogens is 1. The van der Waals surface area contributed by atoms with Gasteiger partial charge >= 0.3 is 0 Å². The van der Waals surface area contributed by atoms with E-state index in [1.807, 2.05) is 18.2 Å². The molecule has 1 amide bonds. The quantitative estimate of drug-likeness (QED) is 0.774. The van der Waals surface area contributed by atoms with Crippen LogP contribution < -0.4 is 10.4 Å². The summed E-state index contributed by atoms with van der Waals surface area (Å²) in [5.74, 6) is -2.57. The highest BCUT2D eigenvalue weighted by Crippen LogP contribution is 2.47. The zero-order valence-corrected chi connectivity index (χ0v) is 10.9. The molecule has 1 fully saturated rings. The van der Waals surface area contributed by atoms with E-state index in [0.29, 0.717) is 6.54 Å². The summed E-state index contributed by atoms with van der Waals surface area (Å²) in [6.07, 6.45) is 7.94. The Hall–Kier alpha value is -2.17. The molecule has 0 saturated heterocycles. The SMILES string of the molecule is O=C([O-])[C@@H]1[C@H](C(=O)NCc2cccnc2)[C@@H]2C=C[C@H]1C2. The lowest BCUT2D eigenvalue weighted by atomic mass is 9.82. The summed E-state index contributed by atoms with van der Waals surface area (Å²) in [5, 5.41) is 14.1. The van der Waals surface area contributed by atoms with E-state index in [2.05, 4.69) is 10.3 Å². The number of carboxylic acids is 1.